The van der Waals surface area contributed by atoms with E-state index in [1.165, 1.54) is 4.72 Å². The van der Waals surface area contributed by atoms with Crippen LogP contribution in [0, 0.1) is 0 Å². The molecule has 0 aliphatic heterocycles. The number of furan rings is 1. The molecule has 12 heteroatoms. The molecule has 0 fully saturated rings. The van der Waals surface area contributed by atoms with Gasteiger partial charge in [-0.05, 0) is 24.6 Å². The molecule has 0 aliphatic carbocycles. The lowest BCUT2D eigenvalue weighted by molar-refractivity contribution is -0.171. The van der Waals surface area contributed by atoms with Gasteiger partial charge < -0.3 is 18.1 Å². The van der Waals surface area contributed by atoms with E-state index in [2.05, 4.69) is 10.1 Å². The number of hydrogen-bond donors (Lipinski definition) is 1. The van der Waals surface area contributed by atoms with Gasteiger partial charge in [0.1, 0.15) is 11.3 Å². The average Bonchev–Trinajstić information content (AvgIpc) is 3.33. The monoisotopic (exact) mass is 451 g/mol. The van der Waals surface area contributed by atoms with Gasteiger partial charge in [-0.3, -0.25) is 4.79 Å². The minimum absolute atomic E-state index is 0.0131. The minimum Gasteiger partial charge on any atom is -0.476 e. The Bertz CT molecular complexity index is 1310. The molecule has 3 heterocycles. The van der Waals surface area contributed by atoms with Gasteiger partial charge in [0, 0.05) is 11.5 Å². The first-order chi connectivity index (χ1) is 14.8. The van der Waals surface area contributed by atoms with E-state index in [1.54, 1.807) is 22.8 Å². The molecule has 0 saturated carbocycles. The number of para-hydroxylation sites is 1. The highest BCUT2D eigenvalue weighted by molar-refractivity contribution is 7.82. The number of hydrogen-bond acceptors (Lipinski definition) is 7. The second-order valence-corrected chi connectivity index (χ2v) is 7.40. The number of rotatable bonds is 6. The zero-order valence-electron chi connectivity index (χ0n) is 15.6. The number of halogens is 3. The van der Waals surface area contributed by atoms with Gasteiger partial charge in [0.25, 0.3) is 0 Å². The third kappa shape index (κ3) is 4.63. The Morgan fingerprint density at radius 2 is 2.06 bits per heavy atom. The number of carbonyl (C=O) groups is 1. The maximum Gasteiger partial charge on any atom is 0.469 e. The summed E-state index contributed by atoms with van der Waals surface area (Å²) < 4.78 is 62.0. The van der Waals surface area contributed by atoms with Gasteiger partial charge in [-0.1, -0.05) is 18.2 Å². The number of nitrogens with zero attached hydrogens (tertiary/aromatic N) is 3. The van der Waals surface area contributed by atoms with Crippen molar-refractivity contribution in [3.8, 4) is 17.3 Å². The van der Waals surface area contributed by atoms with Gasteiger partial charge in [0.2, 0.25) is 5.88 Å². The zero-order chi connectivity index (χ0) is 22.0. The maximum absolute atomic E-state index is 12.1. The quantitative estimate of drug-likeness (QED) is 0.275. The van der Waals surface area contributed by atoms with Gasteiger partial charge in [0.05, 0.1) is 12.8 Å². The highest BCUT2D eigenvalue weighted by atomic mass is 32.2. The molecule has 1 N–H and O–H groups in total. The molecule has 0 spiro atoms. The number of aromatic nitrogens is 3. The van der Waals surface area contributed by atoms with Crippen LogP contribution >= 0.6 is 0 Å². The van der Waals surface area contributed by atoms with E-state index in [1.807, 2.05) is 30.3 Å². The number of nitrogens with one attached hydrogen (secondary N) is 1. The second kappa shape index (κ2) is 8.30. The van der Waals surface area contributed by atoms with Crippen LogP contribution in [-0.2, 0) is 19.6 Å². The van der Waals surface area contributed by atoms with E-state index in [-0.39, 0.29) is 18.9 Å². The van der Waals surface area contributed by atoms with Gasteiger partial charge in [-0.2, -0.15) is 29.1 Å². The Labute approximate surface area is 174 Å². The number of alkyl halides is 3. The van der Waals surface area contributed by atoms with Gasteiger partial charge >= 0.3 is 12.1 Å². The summed E-state index contributed by atoms with van der Waals surface area (Å²) in [4.78, 5) is 15.0. The van der Waals surface area contributed by atoms with Crippen LogP contribution in [0.2, 0.25) is 0 Å². The van der Waals surface area contributed by atoms with E-state index in [4.69, 9.17) is 9.15 Å². The van der Waals surface area contributed by atoms with Crippen LogP contribution in [0.15, 0.2) is 53.1 Å². The molecule has 31 heavy (non-hydrogen) atoms. The molecular formula is C19H14F3N4O4S-. The fraction of sp³-hybridized carbons (Fsp3) is 0.158. The number of carbonyl (C=O) groups excluding carboxylic acids is 1. The Morgan fingerprint density at radius 3 is 2.84 bits per heavy atom. The molecule has 8 nitrogen and oxygen atoms in total. The van der Waals surface area contributed by atoms with Crippen molar-refractivity contribution in [1.29, 1.82) is 0 Å². The van der Waals surface area contributed by atoms with Crippen LogP contribution in [0.4, 0.5) is 13.2 Å². The number of imidazole rings is 1. The van der Waals surface area contributed by atoms with Crippen molar-refractivity contribution in [2.24, 2.45) is 0 Å². The first-order valence-corrected chi connectivity index (χ1v) is 10.1. The summed E-state index contributed by atoms with van der Waals surface area (Å²) in [6, 6.07) is 12.7. The number of amides is 1. The summed E-state index contributed by atoms with van der Waals surface area (Å²) in [5.74, 6) is -1.47. The van der Waals surface area contributed by atoms with E-state index >= 15 is 0 Å². The summed E-state index contributed by atoms with van der Waals surface area (Å²) in [7, 11) is -2.28. The predicted octanol–water partition coefficient (Wildman–Crippen LogP) is 3.27. The lowest BCUT2D eigenvalue weighted by Crippen LogP contribution is -2.35. The van der Waals surface area contributed by atoms with Gasteiger partial charge in [0.15, 0.2) is 11.4 Å². The molecule has 0 bridgehead atoms. The fourth-order valence-electron chi connectivity index (χ4n) is 2.72. The average molecular weight is 451 g/mol. The first-order valence-electron chi connectivity index (χ1n) is 8.89. The van der Waals surface area contributed by atoms with E-state index in [9.17, 15) is 22.2 Å². The van der Waals surface area contributed by atoms with Crippen molar-refractivity contribution < 1.29 is 31.3 Å². The Kier molecular flexibility index (Phi) is 5.55. The highest BCUT2D eigenvalue weighted by Gasteiger charge is 2.36. The van der Waals surface area contributed by atoms with Gasteiger partial charge in [-0.25, -0.2) is 9.50 Å². The fourth-order valence-corrected chi connectivity index (χ4v) is 3.41. The summed E-state index contributed by atoms with van der Waals surface area (Å²) in [5, 5.41) is 6.27. The molecule has 3 aromatic heterocycles. The van der Waals surface area contributed by atoms with Crippen LogP contribution in [0.5, 0.6) is 5.88 Å². The normalized spacial score (nSPS) is 13.0. The molecule has 0 saturated heterocycles. The summed E-state index contributed by atoms with van der Waals surface area (Å²) in [6.07, 6.45) is -3.46. The van der Waals surface area contributed by atoms with Crippen molar-refractivity contribution >= 4 is 38.5 Å². The Balaban J connectivity index is 1.45. The van der Waals surface area contributed by atoms with Gasteiger partial charge in [-0.15, -0.1) is 5.10 Å². The molecule has 0 atom stereocenters. The van der Waals surface area contributed by atoms with Crippen LogP contribution in [-0.4, -0.2) is 38.7 Å². The standard InChI is InChI=1S/C19H14F3N4O4S/c20-19(21,22)18(27)25-31(28)9-3-8-29-17-7-6-16-23-11-13(26(16)24-17)15-10-12-4-1-2-5-14(12)30-15/h1-2,4-7,9-11H,3,8H2,(H,25,27,28)/q-1. The minimum atomic E-state index is -5.10. The topological polar surface area (TPSA) is 98.7 Å². The lowest BCUT2D eigenvalue weighted by Gasteiger charge is -2.11. The molecule has 1 amide bonds. The molecule has 4 aromatic rings. The van der Waals surface area contributed by atoms with Crippen LogP contribution in [0.3, 0.4) is 0 Å². The smallest absolute Gasteiger partial charge is 0.469 e. The van der Waals surface area contributed by atoms with E-state index in [0.717, 1.165) is 16.3 Å². The third-order valence-corrected chi connectivity index (χ3v) is 5.03. The summed E-state index contributed by atoms with van der Waals surface area (Å²) >= 11 is 0. The largest absolute Gasteiger partial charge is 0.476 e. The zero-order valence-corrected chi connectivity index (χ0v) is 16.4. The van der Waals surface area contributed by atoms with Crippen LogP contribution < -0.4 is 9.46 Å². The molecule has 0 aliphatic rings. The molecule has 162 valence electrons. The number of ether oxygens (including phenoxy) is 1. The van der Waals surface area contributed by atoms with Crippen molar-refractivity contribution in [1.82, 2.24) is 19.3 Å². The van der Waals surface area contributed by atoms with E-state index < -0.39 is 22.7 Å². The SMILES string of the molecule is O=C(N[S-](=O)=CCCOc1ccc2ncc(-c3cc4ccccc4o3)n2n1)C(F)(F)F. The lowest BCUT2D eigenvalue weighted by atomic mass is 10.2. The predicted molar refractivity (Wildman–Crippen MR) is 107 cm³/mol. The second-order valence-electron chi connectivity index (χ2n) is 6.26. The number of benzene rings is 1. The highest BCUT2D eigenvalue weighted by Crippen LogP contribution is 2.28. The molecular weight excluding hydrogens is 437 g/mol. The van der Waals surface area contributed by atoms with Crippen molar-refractivity contribution in [3.63, 3.8) is 0 Å². The van der Waals surface area contributed by atoms with Crippen LogP contribution in [0.1, 0.15) is 6.42 Å². The Hall–Kier alpha value is -3.54. The van der Waals surface area contributed by atoms with Crippen LogP contribution in [0.25, 0.3) is 28.1 Å². The Morgan fingerprint density at radius 1 is 1.26 bits per heavy atom. The number of fused-ring (bicyclic) bond motifs is 2. The molecule has 4 rings (SSSR count). The van der Waals surface area contributed by atoms with Crippen molar-refractivity contribution in [2.45, 2.75) is 12.6 Å². The van der Waals surface area contributed by atoms with Crippen molar-refractivity contribution in [2.75, 3.05) is 6.61 Å². The first kappa shape index (κ1) is 20.7. The summed E-state index contributed by atoms with van der Waals surface area (Å²) in [5.41, 5.74) is 1.89. The molecule has 0 radical (unpaired) electrons. The summed E-state index contributed by atoms with van der Waals surface area (Å²) in [6.45, 7) is -0.0131. The third-order valence-electron chi connectivity index (χ3n) is 4.10. The van der Waals surface area contributed by atoms with Crippen molar-refractivity contribution in [3.05, 3.63) is 48.7 Å². The maximum atomic E-state index is 12.1. The molecule has 0 unspecified atom stereocenters. The van der Waals surface area contributed by atoms with E-state index in [0.29, 0.717) is 17.1 Å². The molecule has 1 aromatic carbocycles.